The molecule has 2 aliphatic rings. The molecule has 0 N–H and O–H groups in total. The molecule has 1 saturated heterocycles. The van der Waals surface area contributed by atoms with E-state index in [4.69, 9.17) is 0 Å². The molecule has 3 amide bonds. The zero-order valence-corrected chi connectivity index (χ0v) is 15.9. The molecular formula is C21H18N4O2S. The Morgan fingerprint density at radius 2 is 1.57 bits per heavy atom. The summed E-state index contributed by atoms with van der Waals surface area (Å²) in [5.74, 6) is -0.0887. The Morgan fingerprint density at radius 1 is 0.893 bits per heavy atom. The van der Waals surface area contributed by atoms with Gasteiger partial charge in [-0.25, -0.2) is 4.79 Å². The molecule has 1 aromatic heterocycles. The third kappa shape index (κ3) is 2.79. The van der Waals surface area contributed by atoms with Crippen molar-refractivity contribution in [3.63, 3.8) is 0 Å². The number of nitrogens with zero attached hydrogens (tertiary/aromatic N) is 4. The molecule has 28 heavy (non-hydrogen) atoms. The molecule has 5 rings (SSSR count). The summed E-state index contributed by atoms with van der Waals surface area (Å²) in [6.07, 6.45) is 1.43. The predicted octanol–water partition coefficient (Wildman–Crippen LogP) is 3.70. The van der Waals surface area contributed by atoms with Crippen LogP contribution < -0.4 is 0 Å². The van der Waals surface area contributed by atoms with Crippen LogP contribution in [-0.4, -0.2) is 37.5 Å². The van der Waals surface area contributed by atoms with Crippen LogP contribution >= 0.6 is 11.3 Å². The summed E-state index contributed by atoms with van der Waals surface area (Å²) in [5, 5.41) is 10.1. The van der Waals surface area contributed by atoms with Crippen molar-refractivity contribution in [3.05, 3.63) is 71.2 Å². The van der Waals surface area contributed by atoms with Crippen molar-refractivity contribution in [1.29, 1.82) is 0 Å². The summed E-state index contributed by atoms with van der Waals surface area (Å²) in [4.78, 5) is 29.1. The van der Waals surface area contributed by atoms with E-state index < -0.39 is 5.54 Å². The van der Waals surface area contributed by atoms with Gasteiger partial charge in [-0.1, -0.05) is 72.0 Å². The molecule has 2 fully saturated rings. The van der Waals surface area contributed by atoms with Crippen LogP contribution in [0.25, 0.3) is 10.6 Å². The normalized spacial score (nSPS) is 17.6. The van der Waals surface area contributed by atoms with Crippen molar-refractivity contribution in [2.24, 2.45) is 0 Å². The monoisotopic (exact) mass is 390 g/mol. The highest BCUT2D eigenvalue weighted by atomic mass is 32.1. The second-order valence-corrected chi connectivity index (χ2v) is 8.21. The van der Waals surface area contributed by atoms with Gasteiger partial charge in [0.25, 0.3) is 5.91 Å². The summed E-state index contributed by atoms with van der Waals surface area (Å²) in [6, 6.07) is 19.2. The van der Waals surface area contributed by atoms with Crippen LogP contribution in [0, 0.1) is 0 Å². The molecule has 2 aromatic carbocycles. The topological polar surface area (TPSA) is 66.4 Å². The Morgan fingerprint density at radius 3 is 2.25 bits per heavy atom. The van der Waals surface area contributed by atoms with E-state index in [0.717, 1.165) is 21.1 Å². The van der Waals surface area contributed by atoms with Gasteiger partial charge in [-0.15, -0.1) is 10.2 Å². The first kappa shape index (κ1) is 17.1. The standard InChI is InChI=1S/C21H18N4O2S/c26-19-21(11-12-21)25(20(27)24(19)13-15-7-3-1-4-8-15)14-17-22-23-18(28-17)16-9-5-2-6-10-16/h1-10H,11-14H2. The van der Waals surface area contributed by atoms with Crippen molar-refractivity contribution >= 4 is 23.3 Å². The number of hydrogen-bond donors (Lipinski definition) is 0. The van der Waals surface area contributed by atoms with E-state index in [2.05, 4.69) is 10.2 Å². The van der Waals surface area contributed by atoms with Crippen molar-refractivity contribution in [3.8, 4) is 10.6 Å². The van der Waals surface area contributed by atoms with Crippen molar-refractivity contribution in [1.82, 2.24) is 20.0 Å². The molecule has 1 aliphatic carbocycles. The summed E-state index contributed by atoms with van der Waals surface area (Å²) >= 11 is 1.46. The average molecular weight is 390 g/mol. The number of carbonyl (C=O) groups is 2. The van der Waals surface area contributed by atoms with Crippen LogP contribution in [0.4, 0.5) is 4.79 Å². The van der Waals surface area contributed by atoms with Crippen LogP contribution in [0.5, 0.6) is 0 Å². The summed E-state index contributed by atoms with van der Waals surface area (Å²) in [7, 11) is 0. The molecular weight excluding hydrogens is 372 g/mol. The van der Waals surface area contributed by atoms with E-state index in [1.165, 1.54) is 16.2 Å². The third-order valence-electron chi connectivity index (χ3n) is 5.31. The largest absolute Gasteiger partial charge is 0.328 e. The van der Waals surface area contributed by atoms with Crippen molar-refractivity contribution < 1.29 is 9.59 Å². The first-order chi connectivity index (χ1) is 13.7. The maximum atomic E-state index is 13.0. The molecule has 1 spiro atoms. The number of rotatable bonds is 5. The lowest BCUT2D eigenvalue weighted by Gasteiger charge is -2.19. The summed E-state index contributed by atoms with van der Waals surface area (Å²) in [5.41, 5.74) is 1.27. The Balaban J connectivity index is 1.37. The second kappa shape index (κ2) is 6.53. The van der Waals surface area contributed by atoms with Crippen LogP contribution in [0.15, 0.2) is 60.7 Å². The highest BCUT2D eigenvalue weighted by molar-refractivity contribution is 7.14. The maximum absolute atomic E-state index is 13.0. The SMILES string of the molecule is O=C1N(Cc2ccccc2)C(=O)C2(CC2)N1Cc1nnc(-c2ccccc2)s1. The zero-order valence-electron chi connectivity index (χ0n) is 15.1. The Hall–Kier alpha value is -3.06. The van der Waals surface area contributed by atoms with Gasteiger partial charge in [-0.3, -0.25) is 9.69 Å². The fourth-order valence-electron chi connectivity index (χ4n) is 3.66. The van der Waals surface area contributed by atoms with Crippen LogP contribution in [0.3, 0.4) is 0 Å². The fraction of sp³-hybridized carbons (Fsp3) is 0.238. The molecule has 0 radical (unpaired) electrons. The molecule has 0 atom stereocenters. The molecule has 1 aliphatic heterocycles. The molecule has 7 heteroatoms. The minimum atomic E-state index is -0.676. The van der Waals surface area contributed by atoms with Crippen molar-refractivity contribution in [2.75, 3.05) is 0 Å². The maximum Gasteiger partial charge on any atom is 0.328 e. The van der Waals surface area contributed by atoms with E-state index in [9.17, 15) is 9.59 Å². The Kier molecular flexibility index (Phi) is 3.98. The van der Waals surface area contributed by atoms with Gasteiger partial charge in [0.05, 0.1) is 13.1 Å². The number of imide groups is 1. The number of amides is 3. The quantitative estimate of drug-likeness (QED) is 0.623. The third-order valence-corrected chi connectivity index (χ3v) is 6.27. The van der Waals surface area contributed by atoms with Crippen LogP contribution in [0.2, 0.25) is 0 Å². The molecule has 140 valence electrons. The lowest BCUT2D eigenvalue weighted by Crippen LogP contribution is -2.36. The fourth-order valence-corrected chi connectivity index (χ4v) is 4.49. The van der Waals surface area contributed by atoms with Gasteiger partial charge >= 0.3 is 6.03 Å². The molecule has 0 bridgehead atoms. The van der Waals surface area contributed by atoms with Gasteiger partial charge in [0, 0.05) is 5.56 Å². The van der Waals surface area contributed by atoms with E-state index in [0.29, 0.717) is 25.9 Å². The second-order valence-electron chi connectivity index (χ2n) is 7.14. The Labute approximate surface area is 166 Å². The number of urea groups is 1. The van der Waals surface area contributed by atoms with Gasteiger partial charge < -0.3 is 4.90 Å². The van der Waals surface area contributed by atoms with E-state index in [1.807, 2.05) is 60.7 Å². The smallest absolute Gasteiger partial charge is 0.303 e. The number of hydrogen-bond acceptors (Lipinski definition) is 5. The molecule has 0 unspecified atom stereocenters. The zero-order chi connectivity index (χ0) is 19.1. The molecule has 3 aromatic rings. The average Bonchev–Trinajstić information content (AvgIpc) is 3.37. The minimum Gasteiger partial charge on any atom is -0.303 e. The predicted molar refractivity (Wildman–Crippen MR) is 105 cm³/mol. The number of aromatic nitrogens is 2. The first-order valence-electron chi connectivity index (χ1n) is 9.23. The lowest BCUT2D eigenvalue weighted by atomic mass is 10.2. The van der Waals surface area contributed by atoms with Gasteiger partial charge in [-0.2, -0.15) is 0 Å². The van der Waals surface area contributed by atoms with Gasteiger partial charge in [-0.05, 0) is 18.4 Å². The molecule has 2 heterocycles. The minimum absolute atomic E-state index is 0.0887. The van der Waals surface area contributed by atoms with Crippen LogP contribution in [0.1, 0.15) is 23.4 Å². The lowest BCUT2D eigenvalue weighted by molar-refractivity contribution is -0.129. The van der Waals surface area contributed by atoms with Gasteiger partial charge in [0.15, 0.2) is 0 Å². The van der Waals surface area contributed by atoms with E-state index in [-0.39, 0.29) is 11.9 Å². The highest BCUT2D eigenvalue weighted by Gasteiger charge is 2.64. The van der Waals surface area contributed by atoms with Crippen LogP contribution in [-0.2, 0) is 17.9 Å². The molecule has 6 nitrogen and oxygen atoms in total. The van der Waals surface area contributed by atoms with Gasteiger partial charge in [0.2, 0.25) is 0 Å². The Bertz CT molecular complexity index is 1030. The summed E-state index contributed by atoms with van der Waals surface area (Å²) < 4.78 is 0. The number of carbonyl (C=O) groups excluding carboxylic acids is 2. The number of benzene rings is 2. The van der Waals surface area contributed by atoms with Crippen molar-refractivity contribution in [2.45, 2.75) is 31.5 Å². The molecule has 1 saturated carbocycles. The highest BCUT2D eigenvalue weighted by Crippen LogP contribution is 2.49. The summed E-state index contributed by atoms with van der Waals surface area (Å²) in [6.45, 7) is 0.627. The van der Waals surface area contributed by atoms with Gasteiger partial charge in [0.1, 0.15) is 15.6 Å². The first-order valence-corrected chi connectivity index (χ1v) is 10.0. The van der Waals surface area contributed by atoms with E-state index >= 15 is 0 Å². The van der Waals surface area contributed by atoms with E-state index in [1.54, 1.807) is 4.90 Å².